The molecule has 1 unspecified atom stereocenters. The van der Waals surface area contributed by atoms with E-state index in [2.05, 4.69) is 4.98 Å². The van der Waals surface area contributed by atoms with Gasteiger partial charge in [0.25, 0.3) is 0 Å². The number of rotatable bonds is 16. The van der Waals surface area contributed by atoms with Crippen molar-refractivity contribution in [3.8, 4) is 11.5 Å². The monoisotopic (exact) mass is 648 g/mol. The maximum absolute atomic E-state index is 12.3. The third-order valence-electron chi connectivity index (χ3n) is 6.98. The highest BCUT2D eigenvalue weighted by molar-refractivity contribution is 8.76. The van der Waals surface area contributed by atoms with Gasteiger partial charge in [-0.1, -0.05) is 75.7 Å². The van der Waals surface area contributed by atoms with Gasteiger partial charge in [-0.25, -0.2) is 4.98 Å². The lowest BCUT2D eigenvalue weighted by atomic mass is 10.1. The first-order chi connectivity index (χ1) is 21.3. The Morgan fingerprint density at radius 2 is 1.70 bits per heavy atom. The Balaban J connectivity index is 1.37. The van der Waals surface area contributed by atoms with Gasteiger partial charge < -0.3 is 14.7 Å². The third-order valence-corrected chi connectivity index (χ3v) is 10.1. The Kier molecular flexibility index (Phi) is 13.0. The van der Waals surface area contributed by atoms with Gasteiger partial charge in [0.05, 0.1) is 11.2 Å². The van der Waals surface area contributed by atoms with E-state index >= 15 is 0 Å². The lowest BCUT2D eigenvalue weighted by molar-refractivity contribution is -0.137. The fraction of sp³-hybridized carbons (Fsp3) is 0.286. The summed E-state index contributed by atoms with van der Waals surface area (Å²) in [6.45, 7) is 5.40. The van der Waals surface area contributed by atoms with Crippen molar-refractivity contribution in [2.45, 2.75) is 44.8 Å². The molecule has 44 heavy (non-hydrogen) atoms. The first-order valence-electron chi connectivity index (χ1n) is 14.7. The molecule has 0 radical (unpaired) electrons. The summed E-state index contributed by atoms with van der Waals surface area (Å²) in [6, 6.07) is 25.5. The number of aromatic nitrogens is 1. The van der Waals surface area contributed by atoms with Crippen LogP contribution in [0.1, 0.15) is 49.9 Å². The number of hydrogen-bond acceptors (Lipinski definition) is 6. The zero-order chi connectivity index (χ0) is 31.3. The molecule has 0 spiro atoms. The fourth-order valence-electron chi connectivity index (χ4n) is 4.67. The molecular weight excluding hydrogens is 612 g/mol. The number of carbonyl (C=O) groups is 2. The van der Waals surface area contributed by atoms with E-state index in [9.17, 15) is 14.7 Å². The Labute approximate surface area is 272 Å². The normalized spacial score (nSPS) is 12.0. The van der Waals surface area contributed by atoms with Crippen molar-refractivity contribution >= 4 is 68.1 Å². The topological polar surface area (TPSA) is 79.7 Å². The molecule has 0 bridgehead atoms. The predicted octanol–water partition coefficient (Wildman–Crippen LogP) is 9.27. The second-order valence-corrected chi connectivity index (χ2v) is 13.4. The molecule has 6 nitrogen and oxygen atoms in total. The van der Waals surface area contributed by atoms with Gasteiger partial charge in [-0.15, -0.1) is 0 Å². The highest BCUT2D eigenvalue weighted by atomic mass is 35.5. The summed E-state index contributed by atoms with van der Waals surface area (Å²) in [5.74, 6) is 1.49. The Hall–Kier alpha value is -3.46. The summed E-state index contributed by atoms with van der Waals surface area (Å²) < 4.78 is 6.22. The molecule has 0 aliphatic carbocycles. The summed E-state index contributed by atoms with van der Waals surface area (Å²) in [7, 11) is 3.31. The van der Waals surface area contributed by atoms with Crippen LogP contribution in [0, 0.1) is 0 Å². The summed E-state index contributed by atoms with van der Waals surface area (Å²) in [4.78, 5) is 30.1. The summed E-state index contributed by atoms with van der Waals surface area (Å²) in [6.07, 6.45) is 5.81. The molecule has 1 N–H and O–H groups in total. The Morgan fingerprint density at radius 1 is 0.955 bits per heavy atom. The van der Waals surface area contributed by atoms with Crippen molar-refractivity contribution in [1.29, 1.82) is 0 Å². The van der Waals surface area contributed by atoms with Crippen molar-refractivity contribution in [2.75, 3.05) is 18.8 Å². The van der Waals surface area contributed by atoms with Crippen LogP contribution >= 0.6 is 33.2 Å². The van der Waals surface area contributed by atoms with Crippen LogP contribution in [-0.4, -0.2) is 51.0 Å². The lowest BCUT2D eigenvalue weighted by Gasteiger charge is -2.19. The quantitative estimate of drug-likeness (QED) is 0.0958. The van der Waals surface area contributed by atoms with Gasteiger partial charge in [0, 0.05) is 47.3 Å². The smallest absolute Gasteiger partial charge is 0.303 e. The van der Waals surface area contributed by atoms with Gasteiger partial charge in [0.15, 0.2) is 0 Å². The molecule has 1 heterocycles. The minimum Gasteiger partial charge on any atom is -0.481 e. The third kappa shape index (κ3) is 10.6. The van der Waals surface area contributed by atoms with E-state index in [1.165, 1.54) is 0 Å². The number of hydrogen-bond donors (Lipinski definition) is 1. The van der Waals surface area contributed by atoms with E-state index in [1.54, 1.807) is 21.6 Å². The molecule has 0 fully saturated rings. The van der Waals surface area contributed by atoms with Crippen LogP contribution < -0.4 is 4.74 Å². The molecule has 1 aromatic heterocycles. The number of fused-ring (bicyclic) bond motifs is 1. The van der Waals surface area contributed by atoms with Crippen LogP contribution in [0.3, 0.4) is 0 Å². The van der Waals surface area contributed by atoms with Crippen LogP contribution in [0.5, 0.6) is 11.5 Å². The van der Waals surface area contributed by atoms with Gasteiger partial charge >= 0.3 is 5.97 Å². The number of benzene rings is 3. The number of pyridine rings is 1. The van der Waals surface area contributed by atoms with Crippen LogP contribution in [-0.2, 0) is 16.0 Å². The largest absolute Gasteiger partial charge is 0.481 e. The number of carboxylic acid groups (broad SMARTS) is 1. The number of nitrogens with zero attached hydrogens (tertiary/aromatic N) is 2. The minimum atomic E-state index is -0.802. The second kappa shape index (κ2) is 17.1. The van der Waals surface area contributed by atoms with E-state index < -0.39 is 5.97 Å². The minimum absolute atomic E-state index is 0.100. The highest BCUT2D eigenvalue weighted by Gasteiger charge is 2.15. The zero-order valence-corrected chi connectivity index (χ0v) is 27.3. The van der Waals surface area contributed by atoms with Gasteiger partial charge in [-0.3, -0.25) is 9.59 Å². The van der Waals surface area contributed by atoms with Crippen molar-refractivity contribution in [3.63, 3.8) is 0 Å². The number of carbonyl (C=O) groups excluding carboxylic acids is 1. The summed E-state index contributed by atoms with van der Waals surface area (Å²) >= 11 is 6.13. The molecular formula is C35H37ClN2O4S2. The molecule has 9 heteroatoms. The van der Waals surface area contributed by atoms with Gasteiger partial charge in [0.2, 0.25) is 5.91 Å². The summed E-state index contributed by atoms with van der Waals surface area (Å²) in [5, 5.41) is 11.1. The first-order valence-corrected chi connectivity index (χ1v) is 17.5. The first kappa shape index (κ1) is 33.4. The van der Waals surface area contributed by atoms with Crippen molar-refractivity contribution in [3.05, 3.63) is 101 Å². The van der Waals surface area contributed by atoms with Crippen molar-refractivity contribution in [2.24, 2.45) is 0 Å². The number of aliphatic carboxylic acids is 1. The highest BCUT2D eigenvalue weighted by Crippen LogP contribution is 2.33. The second-order valence-electron chi connectivity index (χ2n) is 10.2. The number of amides is 1. The Bertz CT molecular complexity index is 1590. The van der Waals surface area contributed by atoms with Crippen LogP contribution in [0.25, 0.3) is 23.1 Å². The van der Waals surface area contributed by atoms with Crippen LogP contribution in [0.4, 0.5) is 0 Å². The van der Waals surface area contributed by atoms with E-state index in [1.807, 2.05) is 110 Å². The molecule has 4 aromatic rings. The maximum atomic E-state index is 12.3. The molecule has 0 aliphatic heterocycles. The lowest BCUT2D eigenvalue weighted by Crippen LogP contribution is -2.30. The molecule has 0 saturated heterocycles. The SMILES string of the molecule is CCN(CC)C(=O)CCSSC(CCC(=O)O)Cc1cccc(Oc2cccc(C=Cc3ccc4ccc(Cl)cc4n3)c2)c1. The van der Waals surface area contributed by atoms with Gasteiger partial charge in [-0.2, -0.15) is 0 Å². The number of carboxylic acids is 1. The van der Waals surface area contributed by atoms with Crippen molar-refractivity contribution in [1.82, 2.24) is 9.88 Å². The van der Waals surface area contributed by atoms with Gasteiger partial charge in [0.1, 0.15) is 11.5 Å². The van der Waals surface area contributed by atoms with E-state index in [0.29, 0.717) is 48.9 Å². The molecule has 1 amide bonds. The molecule has 0 aliphatic rings. The van der Waals surface area contributed by atoms with Gasteiger partial charge in [-0.05, 0) is 86.4 Å². The van der Waals surface area contributed by atoms with E-state index in [-0.39, 0.29) is 17.6 Å². The fourth-order valence-corrected chi connectivity index (χ4v) is 7.47. The standard InChI is InChI=1S/C35H37ClN2O4S2/c1-3-38(4-2)34(39)19-20-43-44-32(17-18-35(40)41)23-26-8-6-10-31(22-26)42-30-9-5-7-25(21-30)11-15-29-16-13-27-12-14-28(36)24-33(27)37-29/h5-16,21-22,24,32H,3-4,17-20,23H2,1-2H3,(H,40,41). The predicted molar refractivity (Wildman–Crippen MR) is 186 cm³/mol. The number of halogens is 1. The number of ether oxygens (including phenoxy) is 1. The molecule has 230 valence electrons. The molecule has 4 rings (SSSR count). The molecule has 1 atom stereocenters. The van der Waals surface area contributed by atoms with Crippen molar-refractivity contribution < 1.29 is 19.4 Å². The summed E-state index contributed by atoms with van der Waals surface area (Å²) in [5.41, 5.74) is 3.74. The van der Waals surface area contributed by atoms with Crippen LogP contribution in [0.2, 0.25) is 5.02 Å². The molecule has 0 saturated carbocycles. The average molecular weight is 649 g/mol. The van der Waals surface area contributed by atoms with E-state index in [4.69, 9.17) is 16.3 Å². The maximum Gasteiger partial charge on any atom is 0.303 e. The average Bonchev–Trinajstić information content (AvgIpc) is 3.01. The van der Waals surface area contributed by atoms with Crippen LogP contribution in [0.15, 0.2) is 78.9 Å². The van der Waals surface area contributed by atoms with E-state index in [0.717, 1.165) is 33.5 Å². The Morgan fingerprint density at radius 3 is 2.48 bits per heavy atom. The zero-order valence-electron chi connectivity index (χ0n) is 24.9. The molecule has 3 aromatic carbocycles.